The summed E-state index contributed by atoms with van der Waals surface area (Å²) in [5.74, 6) is -2.35. The van der Waals surface area contributed by atoms with Gasteiger partial charge in [0.1, 0.15) is 5.75 Å². The molecule has 1 fully saturated rings. The standard InChI is InChI=1S/C20H33N3O2.C2H2O4/c1-4-22(5-2)14-11-21-20(24)18-9-12-23(13-10-18)16-17-7-6-8-19(15-17)25-3;3-1(4)2(5)6/h6-8,15,18H,4-5,9-14,16H2,1-3H3,(H,21,24);(H,3,4)(H,5,6). The van der Waals surface area contributed by atoms with E-state index in [0.29, 0.717) is 0 Å². The molecular formula is C22H35N3O6. The Kier molecular flexibility index (Phi) is 12.2. The average molecular weight is 438 g/mol. The number of hydrogen-bond donors (Lipinski definition) is 3. The number of carbonyl (C=O) groups excluding carboxylic acids is 1. The summed E-state index contributed by atoms with van der Waals surface area (Å²) in [5.41, 5.74) is 1.27. The number of amides is 1. The number of rotatable bonds is 9. The van der Waals surface area contributed by atoms with Gasteiger partial charge in [-0.15, -0.1) is 0 Å². The van der Waals surface area contributed by atoms with Gasteiger partial charge in [-0.05, 0) is 56.7 Å². The van der Waals surface area contributed by atoms with Crippen LogP contribution in [0.4, 0.5) is 0 Å². The summed E-state index contributed by atoms with van der Waals surface area (Å²) in [6.45, 7) is 11.0. The highest BCUT2D eigenvalue weighted by atomic mass is 16.5. The lowest BCUT2D eigenvalue weighted by Crippen LogP contribution is -2.42. The Morgan fingerprint density at radius 1 is 1.13 bits per heavy atom. The fraction of sp³-hybridized carbons (Fsp3) is 0.591. The summed E-state index contributed by atoms with van der Waals surface area (Å²) >= 11 is 0. The summed E-state index contributed by atoms with van der Waals surface area (Å²) in [4.78, 5) is 35.3. The average Bonchev–Trinajstić information content (AvgIpc) is 2.77. The van der Waals surface area contributed by atoms with Gasteiger partial charge in [0.15, 0.2) is 0 Å². The van der Waals surface area contributed by atoms with Gasteiger partial charge >= 0.3 is 11.9 Å². The number of piperidine rings is 1. The molecule has 0 unspecified atom stereocenters. The minimum Gasteiger partial charge on any atom is -0.497 e. The van der Waals surface area contributed by atoms with Gasteiger partial charge < -0.3 is 25.2 Å². The van der Waals surface area contributed by atoms with E-state index < -0.39 is 11.9 Å². The molecule has 1 amide bonds. The second kappa shape index (κ2) is 14.4. The number of carbonyl (C=O) groups is 3. The second-order valence-corrected chi connectivity index (χ2v) is 7.33. The Hall–Kier alpha value is -2.65. The molecule has 0 radical (unpaired) electrons. The molecular weight excluding hydrogens is 402 g/mol. The third-order valence-corrected chi connectivity index (χ3v) is 5.30. The highest BCUT2D eigenvalue weighted by Gasteiger charge is 2.24. The number of likely N-dealkylation sites (tertiary alicyclic amines) is 1. The molecule has 1 aromatic carbocycles. The maximum absolute atomic E-state index is 12.3. The molecule has 0 atom stereocenters. The van der Waals surface area contributed by atoms with Gasteiger partial charge in [0.05, 0.1) is 7.11 Å². The van der Waals surface area contributed by atoms with Gasteiger partial charge in [-0.25, -0.2) is 9.59 Å². The number of ether oxygens (including phenoxy) is 1. The van der Waals surface area contributed by atoms with Crippen molar-refractivity contribution in [3.05, 3.63) is 29.8 Å². The zero-order chi connectivity index (χ0) is 23.2. The lowest BCUT2D eigenvalue weighted by Gasteiger charge is -2.31. The van der Waals surface area contributed by atoms with Crippen LogP contribution < -0.4 is 10.1 Å². The zero-order valence-corrected chi connectivity index (χ0v) is 18.7. The number of nitrogens with one attached hydrogen (secondary N) is 1. The summed E-state index contributed by atoms with van der Waals surface area (Å²) in [7, 11) is 1.70. The molecule has 31 heavy (non-hydrogen) atoms. The highest BCUT2D eigenvalue weighted by molar-refractivity contribution is 6.27. The number of carboxylic acid groups (broad SMARTS) is 2. The fourth-order valence-corrected chi connectivity index (χ4v) is 3.40. The molecule has 0 saturated carbocycles. The molecule has 0 aromatic heterocycles. The van der Waals surface area contributed by atoms with Crippen LogP contribution in [-0.4, -0.2) is 84.2 Å². The Labute approximate surface area is 184 Å². The predicted molar refractivity (Wildman–Crippen MR) is 117 cm³/mol. The van der Waals surface area contributed by atoms with E-state index in [1.807, 2.05) is 12.1 Å². The van der Waals surface area contributed by atoms with Crippen LogP contribution in [0.2, 0.25) is 0 Å². The van der Waals surface area contributed by atoms with E-state index in [2.05, 4.69) is 41.1 Å². The smallest absolute Gasteiger partial charge is 0.414 e. The first-order chi connectivity index (χ1) is 14.8. The normalized spacial score (nSPS) is 14.5. The van der Waals surface area contributed by atoms with E-state index >= 15 is 0 Å². The topological polar surface area (TPSA) is 119 Å². The molecule has 1 aliphatic rings. The van der Waals surface area contributed by atoms with Crippen LogP contribution >= 0.6 is 0 Å². The zero-order valence-electron chi connectivity index (χ0n) is 18.7. The van der Waals surface area contributed by atoms with Crippen molar-refractivity contribution in [3.63, 3.8) is 0 Å². The minimum absolute atomic E-state index is 0.165. The lowest BCUT2D eigenvalue weighted by molar-refractivity contribution is -0.159. The number of nitrogens with zero attached hydrogens (tertiary/aromatic N) is 2. The van der Waals surface area contributed by atoms with E-state index in [0.717, 1.165) is 64.4 Å². The number of methoxy groups -OCH3 is 1. The molecule has 174 valence electrons. The van der Waals surface area contributed by atoms with E-state index in [1.54, 1.807) is 7.11 Å². The molecule has 1 aromatic rings. The van der Waals surface area contributed by atoms with Crippen molar-refractivity contribution in [2.24, 2.45) is 5.92 Å². The number of hydrogen-bond acceptors (Lipinski definition) is 6. The Balaban J connectivity index is 0.000000703. The number of likely N-dealkylation sites (N-methyl/N-ethyl adjacent to an activating group) is 1. The number of carboxylic acids is 2. The quantitative estimate of drug-likeness (QED) is 0.498. The van der Waals surface area contributed by atoms with Crippen LogP contribution in [0.1, 0.15) is 32.3 Å². The van der Waals surface area contributed by atoms with Crippen molar-refractivity contribution in [1.82, 2.24) is 15.1 Å². The van der Waals surface area contributed by atoms with Crippen molar-refractivity contribution >= 4 is 17.8 Å². The largest absolute Gasteiger partial charge is 0.497 e. The first-order valence-corrected chi connectivity index (χ1v) is 10.6. The monoisotopic (exact) mass is 437 g/mol. The molecule has 0 bridgehead atoms. The summed E-state index contributed by atoms with van der Waals surface area (Å²) in [5, 5.41) is 17.9. The second-order valence-electron chi connectivity index (χ2n) is 7.33. The van der Waals surface area contributed by atoms with Gasteiger partial charge in [0.2, 0.25) is 5.91 Å². The molecule has 0 aliphatic carbocycles. The van der Waals surface area contributed by atoms with Crippen molar-refractivity contribution in [3.8, 4) is 5.75 Å². The molecule has 0 spiro atoms. The van der Waals surface area contributed by atoms with E-state index in [9.17, 15) is 4.79 Å². The first kappa shape index (κ1) is 26.4. The maximum Gasteiger partial charge on any atom is 0.414 e. The fourth-order valence-electron chi connectivity index (χ4n) is 3.40. The van der Waals surface area contributed by atoms with Gasteiger partial charge in [-0.2, -0.15) is 0 Å². The molecule has 1 heterocycles. The van der Waals surface area contributed by atoms with Crippen molar-refractivity contribution in [2.45, 2.75) is 33.2 Å². The summed E-state index contributed by atoms with van der Waals surface area (Å²) < 4.78 is 5.29. The SMILES string of the molecule is CCN(CC)CCNC(=O)C1CCN(Cc2cccc(OC)c2)CC1.O=C(O)C(=O)O. The van der Waals surface area contributed by atoms with Crippen LogP contribution in [0.15, 0.2) is 24.3 Å². The van der Waals surface area contributed by atoms with Crippen LogP contribution in [0.25, 0.3) is 0 Å². The first-order valence-electron chi connectivity index (χ1n) is 10.6. The molecule has 1 saturated heterocycles. The van der Waals surface area contributed by atoms with Gasteiger partial charge in [-0.1, -0.05) is 26.0 Å². The van der Waals surface area contributed by atoms with Crippen molar-refractivity contribution in [2.75, 3.05) is 46.4 Å². The molecule has 9 heteroatoms. The van der Waals surface area contributed by atoms with E-state index in [4.69, 9.17) is 24.5 Å². The lowest BCUT2D eigenvalue weighted by atomic mass is 9.95. The van der Waals surface area contributed by atoms with Crippen LogP contribution in [0.3, 0.4) is 0 Å². The third kappa shape index (κ3) is 10.3. The predicted octanol–water partition coefficient (Wildman–Crippen LogP) is 1.52. The number of aliphatic carboxylic acids is 2. The van der Waals surface area contributed by atoms with Crippen LogP contribution in [0.5, 0.6) is 5.75 Å². The number of benzene rings is 1. The maximum atomic E-state index is 12.3. The third-order valence-electron chi connectivity index (χ3n) is 5.30. The van der Waals surface area contributed by atoms with E-state index in [-0.39, 0.29) is 11.8 Å². The van der Waals surface area contributed by atoms with Crippen molar-refractivity contribution in [1.29, 1.82) is 0 Å². The molecule has 3 N–H and O–H groups in total. The van der Waals surface area contributed by atoms with E-state index in [1.165, 1.54) is 5.56 Å². The van der Waals surface area contributed by atoms with Gasteiger partial charge in [-0.3, -0.25) is 9.69 Å². The molecule has 1 aliphatic heterocycles. The van der Waals surface area contributed by atoms with Gasteiger partial charge in [0.25, 0.3) is 0 Å². The molecule has 2 rings (SSSR count). The Morgan fingerprint density at radius 2 is 1.74 bits per heavy atom. The van der Waals surface area contributed by atoms with Crippen LogP contribution in [-0.2, 0) is 20.9 Å². The minimum atomic E-state index is -1.82. The highest BCUT2D eigenvalue weighted by Crippen LogP contribution is 2.20. The summed E-state index contributed by atoms with van der Waals surface area (Å²) in [6, 6.07) is 8.23. The summed E-state index contributed by atoms with van der Waals surface area (Å²) in [6.07, 6.45) is 1.89. The van der Waals surface area contributed by atoms with Crippen molar-refractivity contribution < 1.29 is 29.3 Å². The molecule has 9 nitrogen and oxygen atoms in total. The Bertz CT molecular complexity index is 688. The Morgan fingerprint density at radius 3 is 2.26 bits per heavy atom. The van der Waals surface area contributed by atoms with Crippen LogP contribution in [0, 0.1) is 5.92 Å². The van der Waals surface area contributed by atoms with Gasteiger partial charge in [0, 0.05) is 25.6 Å².